The number of hydrogen-bond acceptors (Lipinski definition) is 4. The summed E-state index contributed by atoms with van der Waals surface area (Å²) < 4.78 is 5.04. The van der Waals surface area contributed by atoms with Gasteiger partial charge in [-0.3, -0.25) is 0 Å². The van der Waals surface area contributed by atoms with Crippen molar-refractivity contribution in [3.05, 3.63) is 22.4 Å². The van der Waals surface area contributed by atoms with Crippen LogP contribution < -0.4 is 0 Å². The molecule has 1 aliphatic heterocycles. The summed E-state index contributed by atoms with van der Waals surface area (Å²) in [5.41, 5.74) is 0. The maximum atomic E-state index is 5.04. The summed E-state index contributed by atoms with van der Waals surface area (Å²) in [7, 11) is 0. The van der Waals surface area contributed by atoms with Crippen LogP contribution in [0.2, 0.25) is 0 Å². The van der Waals surface area contributed by atoms with E-state index >= 15 is 0 Å². The summed E-state index contributed by atoms with van der Waals surface area (Å²) in [6, 6.07) is 3.89. The van der Waals surface area contributed by atoms with Crippen molar-refractivity contribution in [3.63, 3.8) is 0 Å². The second kappa shape index (κ2) is 2.30. The smallest absolute Gasteiger partial charge is 0.270 e. The van der Waals surface area contributed by atoms with Gasteiger partial charge in [0, 0.05) is 0 Å². The Kier molecular flexibility index (Phi) is 1.32. The second-order valence-electron chi connectivity index (χ2n) is 1.77. The molecule has 10 heavy (non-hydrogen) atoms. The standard InChI is InChI=1S/C6H5NO2S/c1-2-5(10-3-1)6-7-9-4-8-6/h1-3H,4H2. The summed E-state index contributed by atoms with van der Waals surface area (Å²) >= 11 is 1.58. The van der Waals surface area contributed by atoms with Gasteiger partial charge >= 0.3 is 0 Å². The highest BCUT2D eigenvalue weighted by Crippen LogP contribution is 2.13. The van der Waals surface area contributed by atoms with E-state index in [1.807, 2.05) is 17.5 Å². The summed E-state index contributed by atoms with van der Waals surface area (Å²) in [6.07, 6.45) is 0. The van der Waals surface area contributed by atoms with Gasteiger partial charge in [0.2, 0.25) is 0 Å². The Morgan fingerprint density at radius 3 is 3.20 bits per heavy atom. The largest absolute Gasteiger partial charge is 0.435 e. The molecule has 0 unspecified atom stereocenters. The number of hydrogen-bond donors (Lipinski definition) is 0. The Balaban J connectivity index is 2.28. The van der Waals surface area contributed by atoms with Gasteiger partial charge in [-0.15, -0.1) is 11.3 Å². The Bertz CT molecular complexity index is 242. The lowest BCUT2D eigenvalue weighted by molar-refractivity contribution is 0.0584. The third-order valence-electron chi connectivity index (χ3n) is 1.13. The van der Waals surface area contributed by atoms with Gasteiger partial charge < -0.3 is 9.57 Å². The van der Waals surface area contributed by atoms with Crippen molar-refractivity contribution >= 4 is 17.2 Å². The molecule has 0 saturated carbocycles. The SMILES string of the molecule is c1csc(C2=NOCO2)c1. The maximum Gasteiger partial charge on any atom is 0.270 e. The van der Waals surface area contributed by atoms with E-state index in [1.54, 1.807) is 11.3 Å². The Labute approximate surface area is 61.9 Å². The van der Waals surface area contributed by atoms with Crippen LogP contribution in [0.15, 0.2) is 22.7 Å². The van der Waals surface area contributed by atoms with Crippen LogP contribution in [0.25, 0.3) is 0 Å². The first-order valence-corrected chi connectivity index (χ1v) is 3.71. The summed E-state index contributed by atoms with van der Waals surface area (Å²) in [6.45, 7) is 0.243. The summed E-state index contributed by atoms with van der Waals surface area (Å²) in [4.78, 5) is 5.66. The lowest BCUT2D eigenvalue weighted by Gasteiger charge is -1.90. The van der Waals surface area contributed by atoms with Gasteiger partial charge in [-0.1, -0.05) is 6.07 Å². The van der Waals surface area contributed by atoms with Crippen LogP contribution in [0.1, 0.15) is 4.88 Å². The van der Waals surface area contributed by atoms with E-state index in [0.717, 1.165) is 4.88 Å². The molecular formula is C6H5NO2S. The van der Waals surface area contributed by atoms with Gasteiger partial charge in [-0.2, -0.15) is 0 Å². The third-order valence-corrected chi connectivity index (χ3v) is 1.99. The third kappa shape index (κ3) is 0.863. The van der Waals surface area contributed by atoms with Gasteiger partial charge in [-0.25, -0.2) is 0 Å². The molecule has 3 nitrogen and oxygen atoms in total. The predicted octanol–water partition coefficient (Wildman–Crippen LogP) is 1.41. The molecule has 0 N–H and O–H groups in total. The number of nitrogens with zero attached hydrogens (tertiary/aromatic N) is 1. The Morgan fingerprint density at radius 2 is 2.60 bits per heavy atom. The van der Waals surface area contributed by atoms with E-state index < -0.39 is 0 Å². The molecule has 0 atom stereocenters. The van der Waals surface area contributed by atoms with E-state index in [0.29, 0.717) is 5.90 Å². The molecule has 0 aliphatic carbocycles. The van der Waals surface area contributed by atoms with Gasteiger partial charge in [0.15, 0.2) is 0 Å². The molecule has 0 aromatic carbocycles. The van der Waals surface area contributed by atoms with Crippen LogP contribution in [0.5, 0.6) is 0 Å². The number of ether oxygens (including phenoxy) is 1. The van der Waals surface area contributed by atoms with Crippen LogP contribution >= 0.6 is 11.3 Å². The highest BCUT2D eigenvalue weighted by molar-refractivity contribution is 7.12. The van der Waals surface area contributed by atoms with Gasteiger partial charge in [-0.05, 0) is 16.6 Å². The zero-order valence-electron chi connectivity index (χ0n) is 5.11. The highest BCUT2D eigenvalue weighted by Gasteiger charge is 2.11. The zero-order chi connectivity index (χ0) is 6.81. The van der Waals surface area contributed by atoms with Crippen LogP contribution in [0, 0.1) is 0 Å². The molecule has 52 valence electrons. The summed E-state index contributed by atoms with van der Waals surface area (Å²) in [5.74, 6) is 0.593. The van der Waals surface area contributed by atoms with Gasteiger partial charge in [0.1, 0.15) is 0 Å². The van der Waals surface area contributed by atoms with Crippen molar-refractivity contribution in [1.82, 2.24) is 0 Å². The predicted molar refractivity (Wildman–Crippen MR) is 37.9 cm³/mol. The molecule has 0 spiro atoms. The number of thiophene rings is 1. The van der Waals surface area contributed by atoms with Crippen LogP contribution in [-0.2, 0) is 9.57 Å². The normalized spacial score (nSPS) is 15.8. The number of oxime groups is 1. The summed E-state index contributed by atoms with van der Waals surface area (Å²) in [5, 5.41) is 5.65. The van der Waals surface area contributed by atoms with E-state index in [4.69, 9.17) is 4.74 Å². The molecule has 4 heteroatoms. The molecule has 0 radical (unpaired) electrons. The quantitative estimate of drug-likeness (QED) is 0.614. The van der Waals surface area contributed by atoms with Gasteiger partial charge in [0.25, 0.3) is 12.7 Å². The van der Waals surface area contributed by atoms with Crippen LogP contribution in [0.4, 0.5) is 0 Å². The maximum absolute atomic E-state index is 5.04. The topological polar surface area (TPSA) is 30.8 Å². The minimum Gasteiger partial charge on any atom is -0.435 e. The first kappa shape index (κ1) is 5.73. The van der Waals surface area contributed by atoms with E-state index in [-0.39, 0.29) is 6.79 Å². The fourth-order valence-electron chi connectivity index (χ4n) is 0.710. The van der Waals surface area contributed by atoms with E-state index in [1.165, 1.54) is 0 Å². The van der Waals surface area contributed by atoms with E-state index in [9.17, 15) is 0 Å². The van der Waals surface area contributed by atoms with Crippen LogP contribution in [-0.4, -0.2) is 12.7 Å². The van der Waals surface area contributed by atoms with Crippen molar-refractivity contribution in [3.8, 4) is 0 Å². The molecule has 0 saturated heterocycles. The molecule has 1 aromatic rings. The first-order valence-electron chi connectivity index (χ1n) is 2.83. The first-order chi connectivity index (χ1) is 4.97. The zero-order valence-corrected chi connectivity index (χ0v) is 5.93. The minimum absolute atomic E-state index is 0.243. The fourth-order valence-corrected chi connectivity index (χ4v) is 1.37. The second-order valence-corrected chi connectivity index (χ2v) is 2.71. The molecule has 1 aliphatic rings. The van der Waals surface area contributed by atoms with Gasteiger partial charge in [0.05, 0.1) is 4.88 Å². The minimum atomic E-state index is 0.243. The number of rotatable bonds is 1. The molecule has 2 rings (SSSR count). The Morgan fingerprint density at radius 1 is 1.60 bits per heavy atom. The average molecular weight is 155 g/mol. The monoisotopic (exact) mass is 155 g/mol. The average Bonchev–Trinajstić information content (AvgIpc) is 2.59. The van der Waals surface area contributed by atoms with Crippen molar-refractivity contribution < 1.29 is 9.57 Å². The lowest BCUT2D eigenvalue weighted by Crippen LogP contribution is -1.96. The highest BCUT2D eigenvalue weighted by atomic mass is 32.1. The molecule has 1 aromatic heterocycles. The molecule has 2 heterocycles. The van der Waals surface area contributed by atoms with Crippen molar-refractivity contribution in [2.75, 3.05) is 6.79 Å². The molecular weight excluding hydrogens is 150 g/mol. The molecule has 0 amide bonds. The van der Waals surface area contributed by atoms with Crippen molar-refractivity contribution in [1.29, 1.82) is 0 Å². The molecule has 0 fully saturated rings. The van der Waals surface area contributed by atoms with Crippen LogP contribution in [0.3, 0.4) is 0 Å². The van der Waals surface area contributed by atoms with Crippen molar-refractivity contribution in [2.24, 2.45) is 5.16 Å². The lowest BCUT2D eigenvalue weighted by atomic mass is 10.5. The van der Waals surface area contributed by atoms with E-state index in [2.05, 4.69) is 9.99 Å². The molecule has 0 bridgehead atoms. The van der Waals surface area contributed by atoms with Crippen molar-refractivity contribution in [2.45, 2.75) is 0 Å². The Hall–Kier alpha value is -1.03. The fraction of sp³-hybridized carbons (Fsp3) is 0.167.